The van der Waals surface area contributed by atoms with Crippen molar-refractivity contribution in [3.8, 4) is 0 Å². The van der Waals surface area contributed by atoms with E-state index in [-0.39, 0.29) is 11.9 Å². The largest absolute Gasteiger partial charge is 0.368 e. The number of nitrogens with one attached hydrogen (secondary N) is 1. The van der Waals surface area contributed by atoms with Gasteiger partial charge >= 0.3 is 0 Å². The highest BCUT2D eigenvalue weighted by Crippen LogP contribution is 2.22. The number of hydrogen-bond acceptors (Lipinski definition) is 2. The van der Waals surface area contributed by atoms with Crippen molar-refractivity contribution in [3.05, 3.63) is 35.4 Å². The summed E-state index contributed by atoms with van der Waals surface area (Å²) in [5, 5.41) is 3.18. The maximum Gasteiger partial charge on any atom is 0.234 e. The number of piperidine rings is 1. The zero-order valence-electron chi connectivity index (χ0n) is 11.9. The predicted octanol–water partition coefficient (Wildman–Crippen LogP) is 2.21. The molecule has 3 nitrogen and oxygen atoms in total. The van der Waals surface area contributed by atoms with Gasteiger partial charge < -0.3 is 11.1 Å². The molecule has 1 aliphatic heterocycles. The molecule has 104 valence electrons. The van der Waals surface area contributed by atoms with Gasteiger partial charge in [-0.25, -0.2) is 0 Å². The van der Waals surface area contributed by atoms with Crippen LogP contribution in [0.4, 0.5) is 0 Å². The molecule has 19 heavy (non-hydrogen) atoms. The Morgan fingerprint density at radius 2 is 2.05 bits per heavy atom. The third kappa shape index (κ3) is 3.80. The minimum Gasteiger partial charge on any atom is -0.368 e. The van der Waals surface area contributed by atoms with Gasteiger partial charge in [0.15, 0.2) is 0 Å². The van der Waals surface area contributed by atoms with Crippen molar-refractivity contribution in [3.63, 3.8) is 0 Å². The number of carbonyl (C=O) groups is 1. The van der Waals surface area contributed by atoms with Gasteiger partial charge in [-0.1, -0.05) is 38.1 Å². The lowest BCUT2D eigenvalue weighted by Gasteiger charge is -2.28. The first-order valence-corrected chi connectivity index (χ1v) is 7.17. The van der Waals surface area contributed by atoms with Gasteiger partial charge in [0, 0.05) is 0 Å². The Kier molecular flexibility index (Phi) is 4.59. The second-order valence-corrected chi connectivity index (χ2v) is 5.90. The molecule has 1 fully saturated rings. The Labute approximate surface area is 115 Å². The summed E-state index contributed by atoms with van der Waals surface area (Å²) in [7, 11) is 0. The first-order chi connectivity index (χ1) is 9.06. The third-order valence-electron chi connectivity index (χ3n) is 4.03. The number of amides is 1. The molecule has 3 N–H and O–H groups in total. The lowest BCUT2D eigenvalue weighted by Crippen LogP contribution is -2.47. The maximum atomic E-state index is 11.2. The zero-order valence-corrected chi connectivity index (χ0v) is 11.9. The normalized spacial score (nSPS) is 23.5. The van der Waals surface area contributed by atoms with E-state index in [2.05, 4.69) is 43.4 Å². The summed E-state index contributed by atoms with van der Waals surface area (Å²) in [6.45, 7) is 5.31. The Hall–Kier alpha value is -1.35. The van der Waals surface area contributed by atoms with E-state index in [9.17, 15) is 4.79 Å². The van der Waals surface area contributed by atoms with E-state index < -0.39 is 0 Å². The second-order valence-electron chi connectivity index (χ2n) is 5.90. The minimum absolute atomic E-state index is 0.145. The monoisotopic (exact) mass is 260 g/mol. The molecule has 1 amide bonds. The van der Waals surface area contributed by atoms with E-state index >= 15 is 0 Å². The van der Waals surface area contributed by atoms with Gasteiger partial charge in [-0.2, -0.15) is 0 Å². The SMILES string of the molecule is CC(C)c1ccc(CC2CCNC(C(N)=O)C2)cc1. The highest BCUT2D eigenvalue weighted by molar-refractivity contribution is 5.79. The van der Waals surface area contributed by atoms with Crippen LogP contribution >= 0.6 is 0 Å². The molecular weight excluding hydrogens is 236 g/mol. The highest BCUT2D eigenvalue weighted by atomic mass is 16.1. The van der Waals surface area contributed by atoms with Crippen LogP contribution in [0.3, 0.4) is 0 Å². The first-order valence-electron chi connectivity index (χ1n) is 7.17. The lowest BCUT2D eigenvalue weighted by atomic mass is 9.86. The average molecular weight is 260 g/mol. The molecule has 1 saturated heterocycles. The zero-order chi connectivity index (χ0) is 13.8. The van der Waals surface area contributed by atoms with Crippen LogP contribution < -0.4 is 11.1 Å². The summed E-state index contributed by atoms with van der Waals surface area (Å²) in [5.41, 5.74) is 8.11. The number of nitrogens with two attached hydrogens (primary N) is 1. The summed E-state index contributed by atoms with van der Waals surface area (Å²) in [5.74, 6) is 0.913. The third-order valence-corrected chi connectivity index (χ3v) is 4.03. The van der Waals surface area contributed by atoms with E-state index in [1.807, 2.05) is 0 Å². The molecule has 2 rings (SSSR count). The van der Waals surface area contributed by atoms with Gasteiger partial charge in [-0.15, -0.1) is 0 Å². The molecule has 0 saturated carbocycles. The standard InChI is InChI=1S/C16H24N2O/c1-11(2)14-5-3-12(4-6-14)9-13-7-8-18-15(10-13)16(17)19/h3-6,11,13,15,18H,7-10H2,1-2H3,(H2,17,19). The molecule has 2 atom stereocenters. The van der Waals surface area contributed by atoms with Crippen LogP contribution in [0.5, 0.6) is 0 Å². The fourth-order valence-corrected chi connectivity index (χ4v) is 2.77. The lowest BCUT2D eigenvalue weighted by molar-refractivity contribution is -0.120. The van der Waals surface area contributed by atoms with Crippen molar-refractivity contribution in [1.29, 1.82) is 0 Å². The molecule has 1 heterocycles. The summed E-state index contributed by atoms with van der Waals surface area (Å²) in [6.07, 6.45) is 3.03. The molecule has 0 bridgehead atoms. The van der Waals surface area contributed by atoms with Gasteiger partial charge in [-0.3, -0.25) is 4.79 Å². The smallest absolute Gasteiger partial charge is 0.234 e. The minimum atomic E-state index is -0.222. The van der Waals surface area contributed by atoms with Crippen LogP contribution in [0.1, 0.15) is 43.7 Å². The Morgan fingerprint density at radius 1 is 1.37 bits per heavy atom. The van der Waals surface area contributed by atoms with E-state index in [4.69, 9.17) is 5.73 Å². The van der Waals surface area contributed by atoms with Gasteiger partial charge in [0.05, 0.1) is 6.04 Å². The number of benzene rings is 1. The first kappa shape index (κ1) is 14.1. The van der Waals surface area contributed by atoms with Crippen molar-refractivity contribution in [2.24, 2.45) is 11.7 Å². The molecular formula is C16H24N2O. The van der Waals surface area contributed by atoms with Crippen molar-refractivity contribution < 1.29 is 4.79 Å². The fourth-order valence-electron chi connectivity index (χ4n) is 2.77. The predicted molar refractivity (Wildman–Crippen MR) is 77.9 cm³/mol. The van der Waals surface area contributed by atoms with Crippen molar-refractivity contribution in [2.75, 3.05) is 6.54 Å². The molecule has 0 spiro atoms. The quantitative estimate of drug-likeness (QED) is 0.872. The molecule has 1 aliphatic rings. The molecule has 0 aromatic heterocycles. The van der Waals surface area contributed by atoms with Crippen LogP contribution in [0, 0.1) is 5.92 Å². The Morgan fingerprint density at radius 3 is 2.63 bits per heavy atom. The van der Waals surface area contributed by atoms with Crippen LogP contribution in [0.2, 0.25) is 0 Å². The maximum absolute atomic E-state index is 11.2. The number of primary amides is 1. The molecule has 3 heteroatoms. The van der Waals surface area contributed by atoms with Crippen LogP contribution in [-0.4, -0.2) is 18.5 Å². The van der Waals surface area contributed by atoms with E-state index in [1.54, 1.807) is 0 Å². The van der Waals surface area contributed by atoms with Gasteiger partial charge in [-0.05, 0) is 48.8 Å². The molecule has 0 aliphatic carbocycles. The van der Waals surface area contributed by atoms with E-state index in [0.29, 0.717) is 11.8 Å². The Balaban J connectivity index is 1.95. The average Bonchev–Trinajstić information content (AvgIpc) is 2.39. The summed E-state index contributed by atoms with van der Waals surface area (Å²) >= 11 is 0. The molecule has 2 unspecified atom stereocenters. The van der Waals surface area contributed by atoms with Crippen LogP contribution in [0.15, 0.2) is 24.3 Å². The Bertz CT molecular complexity index is 425. The number of rotatable bonds is 4. The van der Waals surface area contributed by atoms with Crippen LogP contribution in [-0.2, 0) is 11.2 Å². The van der Waals surface area contributed by atoms with Gasteiger partial charge in [0.2, 0.25) is 5.91 Å². The van der Waals surface area contributed by atoms with Crippen LogP contribution in [0.25, 0.3) is 0 Å². The number of carbonyl (C=O) groups excluding carboxylic acids is 1. The van der Waals surface area contributed by atoms with Crippen molar-refractivity contribution in [2.45, 2.75) is 45.1 Å². The molecule has 1 aromatic carbocycles. The van der Waals surface area contributed by atoms with Crippen molar-refractivity contribution in [1.82, 2.24) is 5.32 Å². The second kappa shape index (κ2) is 6.20. The van der Waals surface area contributed by atoms with E-state index in [1.165, 1.54) is 11.1 Å². The topological polar surface area (TPSA) is 55.1 Å². The summed E-state index contributed by atoms with van der Waals surface area (Å²) in [6, 6.07) is 8.72. The molecule has 0 radical (unpaired) electrons. The summed E-state index contributed by atoms with van der Waals surface area (Å²) in [4.78, 5) is 11.2. The summed E-state index contributed by atoms with van der Waals surface area (Å²) < 4.78 is 0. The molecule has 1 aromatic rings. The fraction of sp³-hybridized carbons (Fsp3) is 0.562. The van der Waals surface area contributed by atoms with E-state index in [0.717, 1.165) is 25.8 Å². The van der Waals surface area contributed by atoms with Crippen molar-refractivity contribution >= 4 is 5.91 Å². The van der Waals surface area contributed by atoms with Gasteiger partial charge in [0.25, 0.3) is 0 Å². The van der Waals surface area contributed by atoms with Gasteiger partial charge in [0.1, 0.15) is 0 Å². The highest BCUT2D eigenvalue weighted by Gasteiger charge is 2.25. The number of hydrogen-bond donors (Lipinski definition) is 2.